The van der Waals surface area contributed by atoms with E-state index < -0.39 is 0 Å². The van der Waals surface area contributed by atoms with E-state index in [1.165, 1.54) is 5.56 Å². The maximum Gasteiger partial charge on any atom is 0.223 e. The van der Waals surface area contributed by atoms with Gasteiger partial charge in [0.1, 0.15) is 5.75 Å². The summed E-state index contributed by atoms with van der Waals surface area (Å²) in [5, 5.41) is 3.17. The monoisotopic (exact) mass is 295 g/mol. The largest absolute Gasteiger partial charge is 0.491 e. The highest BCUT2D eigenvalue weighted by Crippen LogP contribution is 2.31. The fourth-order valence-corrected chi connectivity index (χ4v) is 2.67. The SMILES string of the molecule is CC(C)Oc1ccc(CCNC(=O)C2CC(Cl)C2)cc1. The minimum atomic E-state index is 0.124. The van der Waals surface area contributed by atoms with Crippen LogP contribution in [-0.4, -0.2) is 23.9 Å². The van der Waals surface area contributed by atoms with Crippen LogP contribution in [0.4, 0.5) is 0 Å². The van der Waals surface area contributed by atoms with Crippen LogP contribution >= 0.6 is 11.6 Å². The van der Waals surface area contributed by atoms with Crippen molar-refractivity contribution >= 4 is 17.5 Å². The molecule has 0 atom stereocenters. The lowest BCUT2D eigenvalue weighted by Gasteiger charge is -2.29. The summed E-state index contributed by atoms with van der Waals surface area (Å²) in [6.45, 7) is 4.69. The first kappa shape index (κ1) is 15.2. The van der Waals surface area contributed by atoms with E-state index in [9.17, 15) is 4.79 Å². The molecule has 1 aromatic carbocycles. The Labute approximate surface area is 125 Å². The van der Waals surface area contributed by atoms with Gasteiger partial charge in [-0.1, -0.05) is 12.1 Å². The van der Waals surface area contributed by atoms with Crippen molar-refractivity contribution in [2.75, 3.05) is 6.54 Å². The molecule has 1 fully saturated rings. The molecule has 110 valence electrons. The molecule has 1 aliphatic carbocycles. The number of hydrogen-bond donors (Lipinski definition) is 1. The van der Waals surface area contributed by atoms with E-state index in [0.29, 0.717) is 6.54 Å². The van der Waals surface area contributed by atoms with Crippen molar-refractivity contribution in [3.05, 3.63) is 29.8 Å². The summed E-state index contributed by atoms with van der Waals surface area (Å²) in [7, 11) is 0. The average molecular weight is 296 g/mol. The summed E-state index contributed by atoms with van der Waals surface area (Å²) in [6.07, 6.45) is 2.65. The number of carbonyl (C=O) groups is 1. The Morgan fingerprint density at radius 2 is 2.00 bits per heavy atom. The summed E-state index contributed by atoms with van der Waals surface area (Å²) in [5.74, 6) is 1.15. The quantitative estimate of drug-likeness (QED) is 0.819. The molecule has 0 radical (unpaired) electrons. The number of rotatable bonds is 6. The average Bonchev–Trinajstić information content (AvgIpc) is 2.36. The molecule has 4 heteroatoms. The lowest BCUT2D eigenvalue weighted by molar-refractivity contribution is -0.127. The highest BCUT2D eigenvalue weighted by Gasteiger charge is 2.32. The van der Waals surface area contributed by atoms with Gasteiger partial charge >= 0.3 is 0 Å². The lowest BCUT2D eigenvalue weighted by atomic mass is 9.84. The zero-order valence-corrected chi connectivity index (χ0v) is 12.8. The van der Waals surface area contributed by atoms with Gasteiger partial charge in [-0.25, -0.2) is 0 Å². The van der Waals surface area contributed by atoms with E-state index >= 15 is 0 Å². The standard InChI is InChI=1S/C16H22ClNO2/c1-11(2)20-15-5-3-12(4-6-15)7-8-18-16(19)13-9-14(17)10-13/h3-6,11,13-14H,7-10H2,1-2H3,(H,18,19). The summed E-state index contributed by atoms with van der Waals surface area (Å²) < 4.78 is 5.59. The van der Waals surface area contributed by atoms with Crippen molar-refractivity contribution in [3.8, 4) is 5.75 Å². The summed E-state index contributed by atoms with van der Waals surface area (Å²) in [6, 6.07) is 8.03. The topological polar surface area (TPSA) is 38.3 Å². The van der Waals surface area contributed by atoms with Crippen molar-refractivity contribution in [2.24, 2.45) is 5.92 Å². The first-order valence-electron chi connectivity index (χ1n) is 7.22. The maximum absolute atomic E-state index is 11.7. The van der Waals surface area contributed by atoms with E-state index in [2.05, 4.69) is 5.32 Å². The highest BCUT2D eigenvalue weighted by atomic mass is 35.5. The molecule has 1 saturated carbocycles. The van der Waals surface area contributed by atoms with Crippen LogP contribution in [-0.2, 0) is 11.2 Å². The van der Waals surface area contributed by atoms with Gasteiger partial charge in [0.2, 0.25) is 5.91 Å². The molecule has 1 aliphatic rings. The fraction of sp³-hybridized carbons (Fsp3) is 0.562. The normalized spacial score (nSPS) is 21.4. The van der Waals surface area contributed by atoms with E-state index in [0.717, 1.165) is 25.0 Å². The molecular formula is C16H22ClNO2. The predicted molar refractivity (Wildman–Crippen MR) is 81.3 cm³/mol. The smallest absolute Gasteiger partial charge is 0.223 e. The molecule has 0 aliphatic heterocycles. The van der Waals surface area contributed by atoms with E-state index in [1.807, 2.05) is 38.1 Å². The van der Waals surface area contributed by atoms with Crippen LogP contribution in [0, 0.1) is 5.92 Å². The Kier molecular flexibility index (Phi) is 5.30. The number of amides is 1. The third-order valence-electron chi connectivity index (χ3n) is 3.46. The molecule has 1 amide bonds. The van der Waals surface area contributed by atoms with Crippen molar-refractivity contribution in [3.63, 3.8) is 0 Å². The van der Waals surface area contributed by atoms with Gasteiger partial charge in [0, 0.05) is 17.8 Å². The second-order valence-electron chi connectivity index (χ2n) is 5.62. The Balaban J connectivity index is 1.70. The van der Waals surface area contributed by atoms with E-state index in [4.69, 9.17) is 16.3 Å². The molecule has 3 nitrogen and oxygen atoms in total. The molecular weight excluding hydrogens is 274 g/mol. The fourth-order valence-electron chi connectivity index (χ4n) is 2.24. The van der Waals surface area contributed by atoms with Crippen LogP contribution in [0.15, 0.2) is 24.3 Å². The van der Waals surface area contributed by atoms with Gasteiger partial charge < -0.3 is 10.1 Å². The van der Waals surface area contributed by atoms with Crippen molar-refractivity contribution in [1.82, 2.24) is 5.32 Å². The molecule has 0 unspecified atom stereocenters. The van der Waals surface area contributed by atoms with E-state index in [-0.39, 0.29) is 23.3 Å². The maximum atomic E-state index is 11.7. The van der Waals surface area contributed by atoms with Gasteiger partial charge in [0.15, 0.2) is 0 Å². The van der Waals surface area contributed by atoms with Crippen LogP contribution in [0.1, 0.15) is 32.3 Å². The Hall–Kier alpha value is -1.22. The van der Waals surface area contributed by atoms with Crippen molar-refractivity contribution < 1.29 is 9.53 Å². The molecule has 20 heavy (non-hydrogen) atoms. The van der Waals surface area contributed by atoms with Crippen LogP contribution in [0.25, 0.3) is 0 Å². The number of benzene rings is 1. The Bertz CT molecular complexity index is 438. The predicted octanol–water partition coefficient (Wildman–Crippen LogP) is 3.15. The van der Waals surface area contributed by atoms with Crippen LogP contribution in [0.2, 0.25) is 0 Å². The molecule has 0 aromatic heterocycles. The Morgan fingerprint density at radius 1 is 1.35 bits per heavy atom. The first-order chi connectivity index (χ1) is 9.54. The Morgan fingerprint density at radius 3 is 2.55 bits per heavy atom. The zero-order valence-electron chi connectivity index (χ0n) is 12.1. The number of alkyl halides is 1. The van der Waals surface area contributed by atoms with Gasteiger partial charge in [-0.3, -0.25) is 4.79 Å². The van der Waals surface area contributed by atoms with Gasteiger partial charge in [0.25, 0.3) is 0 Å². The van der Waals surface area contributed by atoms with Crippen LogP contribution in [0.5, 0.6) is 5.75 Å². The van der Waals surface area contributed by atoms with E-state index in [1.54, 1.807) is 0 Å². The number of nitrogens with one attached hydrogen (secondary N) is 1. The second kappa shape index (κ2) is 6.98. The summed E-state index contributed by atoms with van der Waals surface area (Å²) in [4.78, 5) is 11.7. The first-order valence-corrected chi connectivity index (χ1v) is 7.65. The number of ether oxygens (including phenoxy) is 1. The lowest BCUT2D eigenvalue weighted by Crippen LogP contribution is -2.39. The van der Waals surface area contributed by atoms with Crippen molar-refractivity contribution in [2.45, 2.75) is 44.6 Å². The minimum absolute atomic E-state index is 0.124. The number of halogens is 1. The number of carbonyl (C=O) groups excluding carboxylic acids is 1. The zero-order chi connectivity index (χ0) is 14.5. The number of hydrogen-bond acceptors (Lipinski definition) is 2. The molecule has 0 heterocycles. The highest BCUT2D eigenvalue weighted by molar-refractivity contribution is 6.21. The van der Waals surface area contributed by atoms with Gasteiger partial charge in [-0.05, 0) is 50.8 Å². The van der Waals surface area contributed by atoms with Crippen LogP contribution in [0.3, 0.4) is 0 Å². The summed E-state index contributed by atoms with van der Waals surface area (Å²) >= 11 is 5.88. The molecule has 0 spiro atoms. The third-order valence-corrected chi connectivity index (χ3v) is 3.82. The molecule has 1 aromatic rings. The molecule has 1 N–H and O–H groups in total. The third kappa shape index (κ3) is 4.41. The van der Waals surface area contributed by atoms with Gasteiger partial charge in [-0.2, -0.15) is 0 Å². The molecule has 2 rings (SSSR count). The van der Waals surface area contributed by atoms with Crippen LogP contribution < -0.4 is 10.1 Å². The van der Waals surface area contributed by atoms with Crippen molar-refractivity contribution in [1.29, 1.82) is 0 Å². The second-order valence-corrected chi connectivity index (χ2v) is 6.23. The summed E-state index contributed by atoms with van der Waals surface area (Å²) in [5.41, 5.74) is 1.20. The van der Waals surface area contributed by atoms with Gasteiger partial charge in [-0.15, -0.1) is 11.6 Å². The molecule has 0 bridgehead atoms. The van der Waals surface area contributed by atoms with Gasteiger partial charge in [0.05, 0.1) is 6.10 Å². The minimum Gasteiger partial charge on any atom is -0.491 e. The molecule has 0 saturated heterocycles.